The molecule has 0 aliphatic carbocycles. The molecule has 2 aromatic carbocycles. The topological polar surface area (TPSA) is 176 Å². The zero-order valence-corrected chi connectivity index (χ0v) is 29.9. The van der Waals surface area contributed by atoms with Crippen LogP contribution in [0.5, 0.6) is 11.5 Å². The summed E-state index contributed by atoms with van der Waals surface area (Å²) in [5.74, 6) is -0.100. The van der Waals surface area contributed by atoms with Crippen molar-refractivity contribution in [2.75, 3.05) is 46.4 Å². The van der Waals surface area contributed by atoms with E-state index in [0.717, 1.165) is 27.7 Å². The summed E-state index contributed by atoms with van der Waals surface area (Å²) in [5.41, 5.74) is 9.15. The lowest BCUT2D eigenvalue weighted by molar-refractivity contribution is 0.0696. The molecule has 0 fully saturated rings. The Hall–Kier alpha value is -4.05. The summed E-state index contributed by atoms with van der Waals surface area (Å²) >= 11 is 15.0. The number of aromatic amines is 1. The molecule has 0 amide bonds. The summed E-state index contributed by atoms with van der Waals surface area (Å²) in [6.07, 6.45) is 0. The molecule has 0 radical (unpaired) electrons. The number of halogens is 2. The number of ether oxygens (including phenoxy) is 4. The van der Waals surface area contributed by atoms with E-state index in [4.69, 9.17) is 53.0 Å². The van der Waals surface area contributed by atoms with Crippen LogP contribution in [0, 0.1) is 13.8 Å². The van der Waals surface area contributed by atoms with Gasteiger partial charge in [-0.2, -0.15) is 0 Å². The highest BCUT2D eigenvalue weighted by Gasteiger charge is 2.14. The number of aromatic nitrogens is 3. The van der Waals surface area contributed by atoms with Crippen molar-refractivity contribution in [3.8, 4) is 22.2 Å². The maximum Gasteiger partial charge on any atom is 0.365 e. The Morgan fingerprint density at radius 2 is 1.48 bits per heavy atom. The summed E-state index contributed by atoms with van der Waals surface area (Å²) in [6.45, 7) is 6.81. The number of fused-ring (bicyclic) bond motifs is 1. The fourth-order valence-corrected chi connectivity index (χ4v) is 5.77. The van der Waals surface area contributed by atoms with Gasteiger partial charge in [0.1, 0.15) is 39.8 Å². The van der Waals surface area contributed by atoms with Gasteiger partial charge in [-0.15, -0.1) is 22.7 Å². The number of nitrogen functional groups attached to an aromatic ring is 1. The lowest BCUT2D eigenvalue weighted by Crippen LogP contribution is -2.07. The van der Waals surface area contributed by atoms with Crippen LogP contribution in [0.1, 0.15) is 38.5 Å². The Balaban J connectivity index is 0.000000216. The van der Waals surface area contributed by atoms with Crippen LogP contribution in [0.15, 0.2) is 45.9 Å². The molecule has 5 rings (SSSR count). The molecule has 0 atom stereocenters. The highest BCUT2D eigenvalue weighted by Crippen LogP contribution is 2.34. The van der Waals surface area contributed by atoms with E-state index in [1.807, 2.05) is 12.3 Å². The largest absolute Gasteiger partial charge is 0.490 e. The number of aryl methyl sites for hydroxylation is 2. The number of nitrogens with one attached hydrogen (secondary N) is 1. The molecule has 0 unspecified atom stereocenters. The number of H-pyrrole nitrogens is 1. The van der Waals surface area contributed by atoms with Crippen molar-refractivity contribution in [3.05, 3.63) is 83.3 Å². The molecule has 0 aliphatic heterocycles. The van der Waals surface area contributed by atoms with Crippen molar-refractivity contribution in [3.63, 3.8) is 0 Å². The maximum absolute atomic E-state index is 12.3. The molecule has 0 aliphatic rings. The SMILES string of the molecule is COCCOc1ccc(C(C)=O)c(N)c1Cl.COCCOc1ccc2c(=O)cc(-c3nc(C)cs3)[nH]c2c1Cl.Cc1csc(C(=O)O)n1. The first kappa shape index (κ1) is 38.4. The van der Waals surface area contributed by atoms with Crippen molar-refractivity contribution in [2.24, 2.45) is 0 Å². The smallest absolute Gasteiger partial charge is 0.365 e. The number of methoxy groups -OCH3 is 2. The molecule has 256 valence electrons. The summed E-state index contributed by atoms with van der Waals surface area (Å²) in [6, 6.07) is 8.18. The van der Waals surface area contributed by atoms with Gasteiger partial charge in [-0.3, -0.25) is 9.59 Å². The van der Waals surface area contributed by atoms with Gasteiger partial charge in [0.15, 0.2) is 11.2 Å². The second-order valence-corrected chi connectivity index (χ2v) is 12.3. The van der Waals surface area contributed by atoms with Crippen LogP contribution in [0.25, 0.3) is 21.6 Å². The highest BCUT2D eigenvalue weighted by atomic mass is 35.5. The molecule has 3 aromatic heterocycles. The Morgan fingerprint density at radius 3 is 1.98 bits per heavy atom. The number of pyridine rings is 1. The van der Waals surface area contributed by atoms with Crippen molar-refractivity contribution < 1.29 is 33.6 Å². The molecular weight excluding hydrogens is 703 g/mol. The average Bonchev–Trinajstić information content (AvgIpc) is 3.69. The van der Waals surface area contributed by atoms with Crippen molar-refractivity contribution in [1.29, 1.82) is 0 Å². The van der Waals surface area contributed by atoms with Crippen LogP contribution in [0.4, 0.5) is 5.69 Å². The molecule has 48 heavy (non-hydrogen) atoms. The van der Waals surface area contributed by atoms with E-state index >= 15 is 0 Å². The monoisotopic (exact) mass is 736 g/mol. The number of ketones is 1. The van der Waals surface area contributed by atoms with Gasteiger partial charge in [0.05, 0.1) is 30.1 Å². The van der Waals surface area contributed by atoms with Crippen LogP contribution in [-0.4, -0.2) is 72.5 Å². The number of thiazole rings is 2. The van der Waals surface area contributed by atoms with Crippen molar-refractivity contribution >= 4 is 74.2 Å². The van der Waals surface area contributed by atoms with Crippen LogP contribution >= 0.6 is 45.9 Å². The van der Waals surface area contributed by atoms with E-state index in [9.17, 15) is 14.4 Å². The number of nitrogens with zero attached hydrogens (tertiary/aromatic N) is 2. The van der Waals surface area contributed by atoms with Gasteiger partial charge in [-0.25, -0.2) is 14.8 Å². The first-order chi connectivity index (χ1) is 22.9. The van der Waals surface area contributed by atoms with E-state index in [1.54, 1.807) is 56.9 Å². The Bertz CT molecular complexity index is 1930. The minimum Gasteiger partial charge on any atom is -0.490 e. The van der Waals surface area contributed by atoms with Gasteiger partial charge >= 0.3 is 5.97 Å². The summed E-state index contributed by atoms with van der Waals surface area (Å²) in [7, 11) is 3.18. The molecule has 0 spiro atoms. The van der Waals surface area contributed by atoms with Gasteiger partial charge in [0, 0.05) is 53.4 Å². The maximum atomic E-state index is 12.3. The lowest BCUT2D eigenvalue weighted by Gasteiger charge is -2.11. The number of benzene rings is 2. The number of anilines is 1. The quantitative estimate of drug-likeness (QED) is 0.0727. The first-order valence-corrected chi connectivity index (χ1v) is 16.6. The lowest BCUT2D eigenvalue weighted by atomic mass is 10.1. The third-order valence-electron chi connectivity index (χ3n) is 6.17. The first-order valence-electron chi connectivity index (χ1n) is 14.1. The van der Waals surface area contributed by atoms with Crippen LogP contribution < -0.4 is 20.6 Å². The number of rotatable bonds is 11. The number of carboxylic acid groups (broad SMARTS) is 1. The van der Waals surface area contributed by atoms with E-state index in [-0.39, 0.29) is 26.9 Å². The molecule has 16 heteroatoms. The minimum atomic E-state index is -0.951. The number of nitrogens with two attached hydrogens (primary N) is 1. The van der Waals surface area contributed by atoms with Gasteiger partial charge in [-0.1, -0.05) is 23.2 Å². The number of aromatic carboxylic acids is 1. The fourth-order valence-electron chi connectivity index (χ4n) is 3.88. The molecule has 5 aromatic rings. The van der Waals surface area contributed by atoms with Crippen LogP contribution in [0.3, 0.4) is 0 Å². The van der Waals surface area contributed by atoms with Crippen molar-refractivity contribution in [2.45, 2.75) is 20.8 Å². The summed E-state index contributed by atoms with van der Waals surface area (Å²) < 4.78 is 20.7. The predicted octanol–water partition coefficient (Wildman–Crippen LogP) is 6.94. The number of hydrogen-bond acceptors (Lipinski definition) is 12. The Morgan fingerprint density at radius 1 is 0.896 bits per heavy atom. The standard InChI is InChI=1S/C16H15ClN2O3S.C11H14ClNO3.C5H5NO2S/c1-9-8-23-16(18-9)11-7-12(20)10-3-4-13(22-6-5-21-2)14(17)15(10)19-11;1-7(14)8-3-4-9(10(12)11(8)13)16-6-5-15-2;1-3-2-9-4(6-3)5(7)8/h3-4,7-8H,5-6H2,1-2H3,(H,19,20);3-4H,5-6,13H2,1-2H3;2H,1H3,(H,7,8). The second kappa shape index (κ2) is 18.5. The fraction of sp³-hybridized carbons (Fsp3) is 0.281. The molecule has 0 bridgehead atoms. The van der Waals surface area contributed by atoms with E-state index in [2.05, 4.69) is 15.0 Å². The number of Topliss-reactive ketones (excluding diaryl/α,β-unsaturated/α-hetero) is 1. The number of hydrogen-bond donors (Lipinski definition) is 3. The van der Waals surface area contributed by atoms with Crippen LogP contribution in [0.2, 0.25) is 10.0 Å². The van der Waals surface area contributed by atoms with Gasteiger partial charge in [0.25, 0.3) is 0 Å². The normalized spacial score (nSPS) is 10.5. The van der Waals surface area contributed by atoms with Gasteiger partial charge in [-0.05, 0) is 45.0 Å². The third-order valence-corrected chi connectivity index (χ3v) is 8.88. The summed E-state index contributed by atoms with van der Waals surface area (Å²) in [4.78, 5) is 45.0. The third kappa shape index (κ3) is 10.5. The summed E-state index contributed by atoms with van der Waals surface area (Å²) in [5, 5.41) is 14.1. The second-order valence-electron chi connectivity index (χ2n) is 9.82. The zero-order valence-electron chi connectivity index (χ0n) is 26.7. The van der Waals surface area contributed by atoms with Crippen molar-refractivity contribution in [1.82, 2.24) is 15.0 Å². The zero-order chi connectivity index (χ0) is 35.4. The van der Waals surface area contributed by atoms with E-state index in [0.29, 0.717) is 65.1 Å². The number of carboxylic acids is 1. The molecule has 12 nitrogen and oxygen atoms in total. The number of carbonyl (C=O) groups excluding carboxylic acids is 1. The molecule has 4 N–H and O–H groups in total. The Labute approximate surface area is 294 Å². The minimum absolute atomic E-state index is 0.105. The molecule has 0 saturated carbocycles. The predicted molar refractivity (Wildman–Crippen MR) is 190 cm³/mol. The molecular formula is C32H34Cl2N4O8S2. The number of carbonyl (C=O) groups is 2. The molecule has 0 saturated heterocycles. The van der Waals surface area contributed by atoms with Crippen LogP contribution in [-0.2, 0) is 9.47 Å². The van der Waals surface area contributed by atoms with E-state index < -0.39 is 5.97 Å². The van der Waals surface area contributed by atoms with Gasteiger partial charge < -0.3 is 34.8 Å². The highest BCUT2D eigenvalue weighted by molar-refractivity contribution is 7.13. The van der Waals surface area contributed by atoms with Gasteiger partial charge in [0.2, 0.25) is 5.01 Å². The Kier molecular flexibility index (Phi) is 14.8. The van der Waals surface area contributed by atoms with E-state index in [1.165, 1.54) is 18.3 Å². The molecule has 3 heterocycles. The average molecular weight is 738 g/mol.